The molecule has 0 N–H and O–H groups in total. The Bertz CT molecular complexity index is 425. The van der Waals surface area contributed by atoms with Gasteiger partial charge in [-0.2, -0.15) is 0 Å². The number of hydrogen-bond acceptors (Lipinski definition) is 4. The number of ether oxygens (including phenoxy) is 2. The smallest absolute Gasteiger partial charge is 0.326 e. The zero-order chi connectivity index (χ0) is 11.5. The van der Waals surface area contributed by atoms with Crippen molar-refractivity contribution in [1.82, 2.24) is 0 Å². The Kier molecular flexibility index (Phi) is 2.90. The van der Waals surface area contributed by atoms with Crippen LogP contribution in [0.15, 0.2) is 24.3 Å². The fourth-order valence-corrected chi connectivity index (χ4v) is 1.68. The van der Waals surface area contributed by atoms with Gasteiger partial charge in [0.1, 0.15) is 5.75 Å². The van der Waals surface area contributed by atoms with Crippen LogP contribution in [0.4, 0.5) is 0 Å². The second-order valence-electron chi connectivity index (χ2n) is 3.54. The van der Waals surface area contributed by atoms with Gasteiger partial charge in [0, 0.05) is 6.42 Å². The van der Waals surface area contributed by atoms with E-state index in [-0.39, 0.29) is 6.61 Å². The van der Waals surface area contributed by atoms with Crippen molar-refractivity contribution in [1.29, 1.82) is 0 Å². The molecule has 2 rings (SSSR count). The molecule has 0 fully saturated rings. The fourth-order valence-electron chi connectivity index (χ4n) is 1.68. The van der Waals surface area contributed by atoms with Crippen LogP contribution >= 0.6 is 0 Å². The van der Waals surface area contributed by atoms with Crippen LogP contribution < -0.4 is 4.74 Å². The van der Waals surface area contributed by atoms with Crippen molar-refractivity contribution in [2.45, 2.75) is 13.3 Å². The molecule has 0 aromatic heterocycles. The molecule has 16 heavy (non-hydrogen) atoms. The molecule has 1 heterocycles. The SMILES string of the molecule is CCOC(=O)[C@@H]1Cc2ccccc2OC1=O. The molecule has 1 aromatic rings. The summed E-state index contributed by atoms with van der Waals surface area (Å²) in [4.78, 5) is 23.0. The summed E-state index contributed by atoms with van der Waals surface area (Å²) < 4.78 is 9.90. The van der Waals surface area contributed by atoms with E-state index in [4.69, 9.17) is 9.47 Å². The third-order valence-corrected chi connectivity index (χ3v) is 2.46. The van der Waals surface area contributed by atoms with Crippen LogP contribution in [0.1, 0.15) is 12.5 Å². The second-order valence-corrected chi connectivity index (χ2v) is 3.54. The van der Waals surface area contributed by atoms with E-state index >= 15 is 0 Å². The van der Waals surface area contributed by atoms with Crippen molar-refractivity contribution >= 4 is 11.9 Å². The van der Waals surface area contributed by atoms with Gasteiger partial charge < -0.3 is 9.47 Å². The van der Waals surface area contributed by atoms with E-state index in [0.29, 0.717) is 12.2 Å². The first-order valence-electron chi connectivity index (χ1n) is 5.18. The van der Waals surface area contributed by atoms with Crippen molar-refractivity contribution in [3.8, 4) is 5.75 Å². The Hall–Kier alpha value is -1.84. The number of carbonyl (C=O) groups excluding carboxylic acids is 2. The van der Waals surface area contributed by atoms with Gasteiger partial charge in [-0.1, -0.05) is 18.2 Å². The topological polar surface area (TPSA) is 52.6 Å². The highest BCUT2D eigenvalue weighted by molar-refractivity contribution is 5.97. The molecule has 1 aliphatic rings. The lowest BCUT2D eigenvalue weighted by molar-refractivity contribution is -0.157. The van der Waals surface area contributed by atoms with E-state index in [2.05, 4.69) is 0 Å². The van der Waals surface area contributed by atoms with Gasteiger partial charge in [0.15, 0.2) is 5.92 Å². The molecular weight excluding hydrogens is 208 g/mol. The third kappa shape index (κ3) is 1.91. The molecule has 1 aromatic carbocycles. The van der Waals surface area contributed by atoms with Crippen LogP contribution in [0.5, 0.6) is 5.75 Å². The molecule has 4 heteroatoms. The number of carbonyl (C=O) groups is 2. The number of esters is 2. The third-order valence-electron chi connectivity index (χ3n) is 2.46. The molecule has 84 valence electrons. The number of para-hydroxylation sites is 1. The summed E-state index contributed by atoms with van der Waals surface area (Å²) in [5.74, 6) is -1.33. The van der Waals surface area contributed by atoms with Gasteiger partial charge in [0.25, 0.3) is 0 Å². The minimum absolute atomic E-state index is 0.268. The summed E-state index contributed by atoms with van der Waals surface area (Å²) in [7, 11) is 0. The van der Waals surface area contributed by atoms with Gasteiger partial charge in [-0.25, -0.2) is 0 Å². The molecule has 0 amide bonds. The predicted molar refractivity (Wildman–Crippen MR) is 55.9 cm³/mol. The van der Waals surface area contributed by atoms with Crippen molar-refractivity contribution < 1.29 is 19.1 Å². The normalized spacial score (nSPS) is 18.6. The Morgan fingerprint density at radius 1 is 1.50 bits per heavy atom. The lowest BCUT2D eigenvalue weighted by atomic mass is 9.96. The molecule has 4 nitrogen and oxygen atoms in total. The Morgan fingerprint density at radius 2 is 2.25 bits per heavy atom. The minimum atomic E-state index is -0.824. The van der Waals surface area contributed by atoms with E-state index in [0.717, 1.165) is 5.56 Å². The Balaban J connectivity index is 2.21. The molecule has 0 unspecified atom stereocenters. The standard InChI is InChI=1S/C12H12O4/c1-2-15-11(13)9-7-8-5-3-4-6-10(8)16-12(9)14/h3-6,9H,2,7H2,1H3/t9-/m0/s1. The Labute approximate surface area is 93.2 Å². The maximum absolute atomic E-state index is 11.6. The van der Waals surface area contributed by atoms with E-state index in [9.17, 15) is 9.59 Å². The van der Waals surface area contributed by atoms with Crippen LogP contribution in [0.3, 0.4) is 0 Å². The minimum Gasteiger partial charge on any atom is -0.465 e. The van der Waals surface area contributed by atoms with Crippen LogP contribution in [-0.2, 0) is 20.7 Å². The zero-order valence-electron chi connectivity index (χ0n) is 8.93. The van der Waals surface area contributed by atoms with Crippen molar-refractivity contribution in [2.75, 3.05) is 6.61 Å². The molecular formula is C12H12O4. The first-order valence-corrected chi connectivity index (χ1v) is 5.18. The highest BCUT2D eigenvalue weighted by Crippen LogP contribution is 2.28. The monoisotopic (exact) mass is 220 g/mol. The summed E-state index contributed by atoms with van der Waals surface area (Å²) in [6, 6.07) is 7.19. The van der Waals surface area contributed by atoms with Crippen molar-refractivity contribution in [2.24, 2.45) is 5.92 Å². The van der Waals surface area contributed by atoms with Crippen molar-refractivity contribution in [3.05, 3.63) is 29.8 Å². The van der Waals surface area contributed by atoms with Crippen LogP contribution in [0.2, 0.25) is 0 Å². The number of benzene rings is 1. The summed E-state index contributed by atoms with van der Waals surface area (Å²) in [5.41, 5.74) is 0.861. The first-order chi connectivity index (χ1) is 7.72. The molecule has 0 bridgehead atoms. The average molecular weight is 220 g/mol. The van der Waals surface area contributed by atoms with E-state index < -0.39 is 17.9 Å². The van der Waals surface area contributed by atoms with Gasteiger partial charge in [-0.15, -0.1) is 0 Å². The summed E-state index contributed by atoms with van der Waals surface area (Å²) in [6.45, 7) is 1.98. The maximum atomic E-state index is 11.6. The average Bonchev–Trinajstić information content (AvgIpc) is 2.28. The largest absolute Gasteiger partial charge is 0.465 e. The van der Waals surface area contributed by atoms with E-state index in [1.165, 1.54) is 0 Å². The van der Waals surface area contributed by atoms with E-state index in [1.807, 2.05) is 12.1 Å². The van der Waals surface area contributed by atoms with Crippen LogP contribution in [0.25, 0.3) is 0 Å². The first kappa shape index (κ1) is 10.7. The maximum Gasteiger partial charge on any atom is 0.326 e. The second kappa shape index (κ2) is 4.35. The van der Waals surface area contributed by atoms with Gasteiger partial charge in [-0.05, 0) is 18.6 Å². The van der Waals surface area contributed by atoms with E-state index in [1.54, 1.807) is 19.1 Å². The molecule has 0 radical (unpaired) electrons. The molecule has 0 spiro atoms. The Morgan fingerprint density at radius 3 is 3.00 bits per heavy atom. The number of rotatable bonds is 2. The summed E-state index contributed by atoms with van der Waals surface area (Å²) in [6.07, 6.45) is 0.355. The lowest BCUT2D eigenvalue weighted by Gasteiger charge is -2.21. The molecule has 0 aliphatic carbocycles. The molecule has 1 aliphatic heterocycles. The zero-order valence-corrected chi connectivity index (χ0v) is 8.93. The number of fused-ring (bicyclic) bond motifs is 1. The molecule has 0 saturated heterocycles. The molecule has 1 atom stereocenters. The molecule has 0 saturated carbocycles. The van der Waals surface area contributed by atoms with Crippen molar-refractivity contribution in [3.63, 3.8) is 0 Å². The lowest BCUT2D eigenvalue weighted by Crippen LogP contribution is -2.34. The van der Waals surface area contributed by atoms with Crippen LogP contribution in [0, 0.1) is 5.92 Å². The summed E-state index contributed by atoms with van der Waals surface area (Å²) in [5, 5.41) is 0. The number of hydrogen-bond donors (Lipinski definition) is 0. The quantitative estimate of drug-likeness (QED) is 0.428. The van der Waals surface area contributed by atoms with Crippen LogP contribution in [-0.4, -0.2) is 18.5 Å². The van der Waals surface area contributed by atoms with Gasteiger partial charge >= 0.3 is 11.9 Å². The van der Waals surface area contributed by atoms with Gasteiger partial charge in [0.2, 0.25) is 0 Å². The summed E-state index contributed by atoms with van der Waals surface area (Å²) >= 11 is 0. The predicted octanol–water partition coefficient (Wildman–Crippen LogP) is 1.33. The fraction of sp³-hybridized carbons (Fsp3) is 0.333. The van der Waals surface area contributed by atoms with Gasteiger partial charge in [-0.3, -0.25) is 9.59 Å². The highest BCUT2D eigenvalue weighted by atomic mass is 16.6. The van der Waals surface area contributed by atoms with Gasteiger partial charge in [0.05, 0.1) is 6.61 Å². The highest BCUT2D eigenvalue weighted by Gasteiger charge is 2.35.